The number of nitrogens with zero attached hydrogens (tertiary/aromatic N) is 1. The highest BCUT2D eigenvalue weighted by molar-refractivity contribution is 7.90. The Balaban J connectivity index is 1.78. The first-order valence-corrected chi connectivity index (χ1v) is 9.21. The summed E-state index contributed by atoms with van der Waals surface area (Å²) in [5.41, 5.74) is 0.183. The van der Waals surface area contributed by atoms with Crippen LogP contribution in [-0.4, -0.2) is 32.4 Å². The summed E-state index contributed by atoms with van der Waals surface area (Å²) in [7, 11) is -3.59. The van der Waals surface area contributed by atoms with Crippen molar-refractivity contribution in [3.8, 4) is 0 Å². The van der Waals surface area contributed by atoms with Gasteiger partial charge in [-0.05, 0) is 38.1 Å². The molecule has 1 N–H and O–H groups in total. The normalized spacial score (nSPS) is 17.0. The molecular weight excluding hydrogens is 340 g/mol. The number of benzene rings is 2. The lowest BCUT2D eigenvalue weighted by Gasteiger charge is -2.20. The molecule has 0 radical (unpaired) electrons. The van der Waals surface area contributed by atoms with Crippen LogP contribution in [0, 0.1) is 0 Å². The monoisotopic (exact) mass is 358 g/mol. The molecule has 0 spiro atoms. The van der Waals surface area contributed by atoms with E-state index in [4.69, 9.17) is 4.74 Å². The van der Waals surface area contributed by atoms with Crippen LogP contribution in [0.4, 0.5) is 0 Å². The molecule has 6 nitrogen and oxygen atoms in total. The van der Waals surface area contributed by atoms with Gasteiger partial charge < -0.3 is 4.74 Å². The number of esters is 1. The van der Waals surface area contributed by atoms with Crippen molar-refractivity contribution >= 4 is 21.8 Å². The SMILES string of the molecule is CC(C)(COC(=O)c1ccccc1)N=C1NS(=O)(=O)c2ccccc21. The summed E-state index contributed by atoms with van der Waals surface area (Å²) in [6, 6.07) is 15.3. The molecule has 1 aliphatic heterocycles. The van der Waals surface area contributed by atoms with Gasteiger partial charge in [0.15, 0.2) is 0 Å². The second-order valence-electron chi connectivity index (χ2n) is 6.32. The lowest BCUT2D eigenvalue weighted by molar-refractivity contribution is 0.0435. The summed E-state index contributed by atoms with van der Waals surface area (Å²) in [5, 5.41) is 0. The van der Waals surface area contributed by atoms with E-state index < -0.39 is 21.5 Å². The van der Waals surface area contributed by atoms with E-state index in [2.05, 4.69) is 9.71 Å². The first kappa shape index (κ1) is 17.2. The van der Waals surface area contributed by atoms with Crippen LogP contribution in [0.1, 0.15) is 29.8 Å². The number of carbonyl (C=O) groups is 1. The molecule has 1 aliphatic rings. The van der Waals surface area contributed by atoms with Crippen LogP contribution in [0.15, 0.2) is 64.5 Å². The molecule has 0 aliphatic carbocycles. The summed E-state index contributed by atoms with van der Waals surface area (Å²) >= 11 is 0. The highest BCUT2D eigenvalue weighted by atomic mass is 32.2. The Labute approximate surface area is 146 Å². The maximum absolute atomic E-state index is 12.1. The zero-order valence-corrected chi connectivity index (χ0v) is 14.7. The van der Waals surface area contributed by atoms with E-state index in [0.717, 1.165) is 0 Å². The van der Waals surface area contributed by atoms with E-state index in [1.165, 1.54) is 6.07 Å². The summed E-state index contributed by atoms with van der Waals surface area (Å²) in [4.78, 5) is 16.7. The molecule has 0 amide bonds. The molecular formula is C18H18N2O4S. The van der Waals surface area contributed by atoms with Crippen LogP contribution >= 0.6 is 0 Å². The molecule has 1 heterocycles. The molecule has 25 heavy (non-hydrogen) atoms. The number of fused-ring (bicyclic) bond motifs is 1. The zero-order valence-electron chi connectivity index (χ0n) is 13.9. The lowest BCUT2D eigenvalue weighted by Crippen LogP contribution is -2.31. The standard InChI is InChI=1S/C18H18N2O4S/c1-18(2,12-24-17(21)13-8-4-3-5-9-13)19-16-14-10-6-7-11-15(14)25(22,23)20-16/h3-11H,12H2,1-2H3,(H,19,20). The van der Waals surface area contributed by atoms with Crippen molar-refractivity contribution in [2.24, 2.45) is 4.99 Å². The Bertz CT molecular complexity index is 935. The van der Waals surface area contributed by atoms with Gasteiger partial charge in [-0.15, -0.1) is 0 Å². The predicted molar refractivity (Wildman–Crippen MR) is 94.1 cm³/mol. The number of aliphatic imine (C=N–C) groups is 1. The average molecular weight is 358 g/mol. The zero-order chi connectivity index (χ0) is 18.1. The molecule has 0 saturated heterocycles. The van der Waals surface area contributed by atoms with Crippen LogP contribution in [0.5, 0.6) is 0 Å². The number of carbonyl (C=O) groups excluding carboxylic acids is 1. The largest absolute Gasteiger partial charge is 0.460 e. The number of ether oxygens (including phenoxy) is 1. The second-order valence-corrected chi connectivity index (χ2v) is 7.97. The Morgan fingerprint density at radius 1 is 1.08 bits per heavy atom. The fraction of sp³-hybridized carbons (Fsp3) is 0.222. The molecule has 0 bridgehead atoms. The molecule has 7 heteroatoms. The van der Waals surface area contributed by atoms with Gasteiger partial charge in [0.25, 0.3) is 10.0 Å². The highest BCUT2D eigenvalue weighted by Gasteiger charge is 2.32. The molecule has 2 aromatic rings. The smallest absolute Gasteiger partial charge is 0.338 e. The summed E-state index contributed by atoms with van der Waals surface area (Å²) in [6.07, 6.45) is 0. The molecule has 0 saturated carbocycles. The van der Waals surface area contributed by atoms with Gasteiger partial charge >= 0.3 is 5.97 Å². The minimum Gasteiger partial charge on any atom is -0.460 e. The van der Waals surface area contributed by atoms with Crippen LogP contribution in [0.3, 0.4) is 0 Å². The lowest BCUT2D eigenvalue weighted by atomic mass is 10.1. The minimum atomic E-state index is -3.59. The van der Waals surface area contributed by atoms with Crippen LogP contribution in [0.25, 0.3) is 0 Å². The van der Waals surface area contributed by atoms with E-state index >= 15 is 0 Å². The fourth-order valence-corrected chi connectivity index (χ4v) is 3.68. The first-order chi connectivity index (χ1) is 11.8. The van der Waals surface area contributed by atoms with Gasteiger partial charge in [-0.25, -0.2) is 13.2 Å². The molecule has 0 atom stereocenters. The Kier molecular flexibility index (Phi) is 4.34. The van der Waals surface area contributed by atoms with Crippen LogP contribution in [-0.2, 0) is 14.8 Å². The number of rotatable bonds is 4. The molecule has 0 aromatic heterocycles. The Morgan fingerprint density at radius 3 is 2.44 bits per heavy atom. The van der Waals surface area contributed by atoms with Gasteiger partial charge in [0.2, 0.25) is 0 Å². The highest BCUT2D eigenvalue weighted by Crippen LogP contribution is 2.24. The van der Waals surface area contributed by atoms with Crippen LogP contribution < -0.4 is 4.72 Å². The van der Waals surface area contributed by atoms with E-state index in [0.29, 0.717) is 11.1 Å². The van der Waals surface area contributed by atoms with Gasteiger partial charge in [-0.2, -0.15) is 0 Å². The summed E-state index contributed by atoms with van der Waals surface area (Å²) in [5.74, 6) is -0.183. The molecule has 2 aromatic carbocycles. The van der Waals surface area contributed by atoms with Crippen LogP contribution in [0.2, 0.25) is 0 Å². The van der Waals surface area contributed by atoms with Crippen molar-refractivity contribution in [1.29, 1.82) is 0 Å². The second kappa shape index (κ2) is 6.33. The van der Waals surface area contributed by atoms with Gasteiger partial charge in [-0.1, -0.05) is 30.3 Å². The van der Waals surface area contributed by atoms with Crippen molar-refractivity contribution < 1.29 is 17.9 Å². The average Bonchev–Trinajstić information content (AvgIpc) is 2.84. The number of nitrogens with one attached hydrogen (secondary N) is 1. The Morgan fingerprint density at radius 2 is 1.72 bits per heavy atom. The minimum absolute atomic E-state index is 0.0219. The number of hydrogen-bond acceptors (Lipinski definition) is 5. The topological polar surface area (TPSA) is 84.8 Å². The maximum atomic E-state index is 12.1. The third kappa shape index (κ3) is 3.71. The third-order valence-corrected chi connectivity index (χ3v) is 5.04. The molecule has 0 fully saturated rings. The quantitative estimate of drug-likeness (QED) is 0.850. The summed E-state index contributed by atoms with van der Waals surface area (Å²) in [6.45, 7) is 3.56. The van der Waals surface area contributed by atoms with Crippen molar-refractivity contribution in [3.05, 3.63) is 65.7 Å². The van der Waals surface area contributed by atoms with E-state index in [1.807, 2.05) is 6.07 Å². The molecule has 130 valence electrons. The predicted octanol–water partition coefficient (Wildman–Crippen LogP) is 2.36. The van der Waals surface area contributed by atoms with E-state index in [1.54, 1.807) is 56.3 Å². The number of amidine groups is 1. The fourth-order valence-electron chi connectivity index (χ4n) is 2.45. The third-order valence-electron chi connectivity index (χ3n) is 3.64. The van der Waals surface area contributed by atoms with E-state index in [-0.39, 0.29) is 17.3 Å². The van der Waals surface area contributed by atoms with Gasteiger partial charge in [-0.3, -0.25) is 9.71 Å². The molecule has 3 rings (SSSR count). The van der Waals surface area contributed by atoms with Gasteiger partial charge in [0, 0.05) is 5.56 Å². The Hall–Kier alpha value is -2.67. The number of hydrogen-bond donors (Lipinski definition) is 1. The maximum Gasteiger partial charge on any atom is 0.338 e. The van der Waals surface area contributed by atoms with Gasteiger partial charge in [0.05, 0.1) is 16.0 Å². The summed E-state index contributed by atoms with van der Waals surface area (Å²) < 4.78 is 32.0. The van der Waals surface area contributed by atoms with Crippen molar-refractivity contribution in [2.45, 2.75) is 24.3 Å². The van der Waals surface area contributed by atoms with Gasteiger partial charge in [0.1, 0.15) is 12.4 Å². The number of sulfonamides is 1. The van der Waals surface area contributed by atoms with E-state index in [9.17, 15) is 13.2 Å². The first-order valence-electron chi connectivity index (χ1n) is 7.73. The van der Waals surface area contributed by atoms with Crippen molar-refractivity contribution in [3.63, 3.8) is 0 Å². The van der Waals surface area contributed by atoms with Crippen molar-refractivity contribution in [1.82, 2.24) is 4.72 Å². The van der Waals surface area contributed by atoms with Crippen molar-refractivity contribution in [2.75, 3.05) is 6.61 Å². The molecule has 0 unspecified atom stereocenters.